The molecule has 1 aromatic carbocycles. The number of carbonyl (C=O) groups is 1. The Morgan fingerprint density at radius 3 is 2.86 bits per heavy atom. The molecule has 0 radical (unpaired) electrons. The van der Waals surface area contributed by atoms with Crippen LogP contribution in [0, 0.1) is 11.7 Å². The van der Waals surface area contributed by atoms with Gasteiger partial charge in [-0.3, -0.25) is 9.69 Å². The van der Waals surface area contributed by atoms with Crippen LogP contribution in [0.2, 0.25) is 5.02 Å². The Morgan fingerprint density at radius 1 is 1.38 bits per heavy atom. The lowest BCUT2D eigenvalue weighted by Crippen LogP contribution is -2.41. The number of fused-ring (bicyclic) bond motifs is 1. The third-order valence-electron chi connectivity index (χ3n) is 4.91. The molecule has 3 atom stereocenters. The summed E-state index contributed by atoms with van der Waals surface area (Å²) in [6, 6.07) is 4.34. The fraction of sp³-hybridized carbons (Fsp3) is 0.562. The standard InChI is InChI=1S/C16H19ClFNO2/c17-12-5-3-6-13(18)11(12)9-19-14-7-2-1-4-10(14)8-15(19)16(20)21/h3,5-6,10,14-15H,1-2,4,7-9H2,(H,20,21). The van der Waals surface area contributed by atoms with E-state index in [4.69, 9.17) is 11.6 Å². The maximum Gasteiger partial charge on any atom is 0.320 e. The molecule has 5 heteroatoms. The predicted molar refractivity (Wildman–Crippen MR) is 78.7 cm³/mol. The largest absolute Gasteiger partial charge is 0.480 e. The van der Waals surface area contributed by atoms with Gasteiger partial charge >= 0.3 is 5.97 Å². The highest BCUT2D eigenvalue weighted by atomic mass is 35.5. The first-order chi connectivity index (χ1) is 10.1. The maximum atomic E-state index is 14.0. The highest BCUT2D eigenvalue weighted by molar-refractivity contribution is 6.31. The number of aliphatic carboxylic acids is 1. The van der Waals surface area contributed by atoms with Crippen LogP contribution in [0.1, 0.15) is 37.7 Å². The second-order valence-corrected chi connectivity index (χ2v) is 6.48. The van der Waals surface area contributed by atoms with Crippen LogP contribution in [-0.2, 0) is 11.3 Å². The topological polar surface area (TPSA) is 40.5 Å². The van der Waals surface area contributed by atoms with Crippen molar-refractivity contribution in [3.05, 3.63) is 34.6 Å². The summed E-state index contributed by atoms with van der Waals surface area (Å²) in [5, 5.41) is 9.85. The highest BCUT2D eigenvalue weighted by Crippen LogP contribution is 2.41. The Bertz CT molecular complexity index is 531. The minimum absolute atomic E-state index is 0.246. The van der Waals surface area contributed by atoms with E-state index in [1.54, 1.807) is 12.1 Å². The van der Waals surface area contributed by atoms with Crippen molar-refractivity contribution in [2.24, 2.45) is 5.92 Å². The van der Waals surface area contributed by atoms with Crippen molar-refractivity contribution in [1.29, 1.82) is 0 Å². The molecule has 3 rings (SSSR count). The molecule has 3 nitrogen and oxygen atoms in total. The van der Waals surface area contributed by atoms with Crippen molar-refractivity contribution in [2.75, 3.05) is 0 Å². The Kier molecular flexibility index (Phi) is 4.18. The second kappa shape index (κ2) is 5.93. The van der Waals surface area contributed by atoms with Crippen molar-refractivity contribution >= 4 is 17.6 Å². The van der Waals surface area contributed by atoms with E-state index in [9.17, 15) is 14.3 Å². The Balaban J connectivity index is 1.88. The van der Waals surface area contributed by atoms with Gasteiger partial charge in [-0.05, 0) is 37.3 Å². The lowest BCUT2D eigenvalue weighted by Gasteiger charge is -2.33. The molecule has 0 bridgehead atoms. The number of halogens is 2. The number of rotatable bonds is 3. The summed E-state index contributed by atoms with van der Waals surface area (Å²) >= 11 is 6.10. The zero-order valence-electron chi connectivity index (χ0n) is 11.8. The lowest BCUT2D eigenvalue weighted by atomic mass is 9.84. The van der Waals surface area contributed by atoms with Gasteiger partial charge < -0.3 is 5.11 Å². The van der Waals surface area contributed by atoms with E-state index in [0.29, 0.717) is 22.9 Å². The average molecular weight is 312 g/mol. The molecule has 1 saturated heterocycles. The minimum atomic E-state index is -0.808. The van der Waals surface area contributed by atoms with E-state index in [-0.39, 0.29) is 18.4 Å². The third-order valence-corrected chi connectivity index (χ3v) is 5.26. The van der Waals surface area contributed by atoms with Crippen LogP contribution < -0.4 is 0 Å². The van der Waals surface area contributed by atoms with Crippen LogP contribution in [0.15, 0.2) is 18.2 Å². The predicted octanol–water partition coefficient (Wildman–Crippen LogP) is 3.70. The zero-order chi connectivity index (χ0) is 15.0. The molecule has 1 aromatic rings. The smallest absolute Gasteiger partial charge is 0.320 e. The van der Waals surface area contributed by atoms with Gasteiger partial charge in [-0.25, -0.2) is 4.39 Å². The average Bonchev–Trinajstić information content (AvgIpc) is 2.82. The second-order valence-electron chi connectivity index (χ2n) is 6.07. The Morgan fingerprint density at radius 2 is 2.14 bits per heavy atom. The molecule has 0 aromatic heterocycles. The van der Waals surface area contributed by atoms with Crippen LogP contribution in [0.4, 0.5) is 4.39 Å². The van der Waals surface area contributed by atoms with Crippen LogP contribution >= 0.6 is 11.6 Å². The van der Waals surface area contributed by atoms with E-state index in [2.05, 4.69) is 0 Å². The third kappa shape index (κ3) is 2.79. The Hall–Kier alpha value is -1.13. The minimum Gasteiger partial charge on any atom is -0.480 e. The molecule has 2 aliphatic rings. The summed E-state index contributed by atoms with van der Waals surface area (Å²) in [7, 11) is 0. The number of likely N-dealkylation sites (tertiary alicyclic amines) is 1. The lowest BCUT2D eigenvalue weighted by molar-refractivity contribution is -0.142. The van der Waals surface area contributed by atoms with Crippen LogP contribution in [0.25, 0.3) is 0 Å². The molecular weight excluding hydrogens is 293 g/mol. The summed E-state index contributed by atoms with van der Waals surface area (Å²) < 4.78 is 14.0. The molecule has 2 fully saturated rings. The van der Waals surface area contributed by atoms with Gasteiger partial charge in [-0.15, -0.1) is 0 Å². The number of nitrogens with zero attached hydrogens (tertiary/aromatic N) is 1. The molecule has 1 saturated carbocycles. The van der Waals surface area contributed by atoms with Gasteiger partial charge in [0.2, 0.25) is 0 Å². The van der Waals surface area contributed by atoms with Gasteiger partial charge in [0.15, 0.2) is 0 Å². The summed E-state index contributed by atoms with van der Waals surface area (Å²) in [6.07, 6.45) is 5.04. The molecule has 3 unspecified atom stereocenters. The summed E-state index contributed by atoms with van der Waals surface area (Å²) in [4.78, 5) is 13.5. The summed E-state index contributed by atoms with van der Waals surface area (Å²) in [6.45, 7) is 0.281. The van der Waals surface area contributed by atoms with E-state index >= 15 is 0 Å². The molecular formula is C16H19ClFNO2. The molecule has 1 N–H and O–H groups in total. The van der Waals surface area contributed by atoms with Crippen LogP contribution in [0.5, 0.6) is 0 Å². The first kappa shape index (κ1) is 14.8. The number of carboxylic acids is 1. The molecule has 1 aliphatic carbocycles. The first-order valence-corrected chi connectivity index (χ1v) is 7.87. The van der Waals surface area contributed by atoms with Gasteiger partial charge in [0.25, 0.3) is 0 Å². The van der Waals surface area contributed by atoms with Gasteiger partial charge in [0.05, 0.1) is 0 Å². The van der Waals surface area contributed by atoms with E-state index in [1.807, 2.05) is 4.90 Å². The van der Waals surface area contributed by atoms with E-state index in [0.717, 1.165) is 19.3 Å². The normalized spacial score (nSPS) is 29.3. The maximum absolute atomic E-state index is 14.0. The molecule has 114 valence electrons. The molecule has 0 amide bonds. The first-order valence-electron chi connectivity index (χ1n) is 7.49. The van der Waals surface area contributed by atoms with Gasteiger partial charge in [0, 0.05) is 23.2 Å². The van der Waals surface area contributed by atoms with Gasteiger partial charge in [-0.2, -0.15) is 0 Å². The molecule has 21 heavy (non-hydrogen) atoms. The highest BCUT2D eigenvalue weighted by Gasteiger charge is 2.45. The SMILES string of the molecule is O=C(O)C1CC2CCCCC2N1Cc1c(F)cccc1Cl. The number of hydrogen-bond donors (Lipinski definition) is 1. The van der Waals surface area contributed by atoms with Crippen molar-refractivity contribution in [1.82, 2.24) is 4.90 Å². The Labute approximate surface area is 128 Å². The van der Waals surface area contributed by atoms with Crippen molar-refractivity contribution in [3.8, 4) is 0 Å². The fourth-order valence-corrected chi connectivity index (χ4v) is 4.11. The molecule has 1 heterocycles. The zero-order valence-corrected chi connectivity index (χ0v) is 12.5. The van der Waals surface area contributed by atoms with E-state index < -0.39 is 12.0 Å². The van der Waals surface area contributed by atoms with Crippen LogP contribution in [-0.4, -0.2) is 28.1 Å². The summed E-state index contributed by atoms with van der Waals surface area (Å²) in [5.74, 6) is -0.742. The van der Waals surface area contributed by atoms with E-state index in [1.165, 1.54) is 12.5 Å². The fourth-order valence-electron chi connectivity index (χ4n) is 3.89. The van der Waals surface area contributed by atoms with Crippen LogP contribution in [0.3, 0.4) is 0 Å². The molecule has 1 aliphatic heterocycles. The quantitative estimate of drug-likeness (QED) is 0.925. The number of benzene rings is 1. The van der Waals surface area contributed by atoms with Crippen molar-refractivity contribution < 1.29 is 14.3 Å². The van der Waals surface area contributed by atoms with Gasteiger partial charge in [-0.1, -0.05) is 30.5 Å². The van der Waals surface area contributed by atoms with Crippen molar-refractivity contribution in [2.45, 2.75) is 50.7 Å². The number of hydrogen-bond acceptors (Lipinski definition) is 2. The van der Waals surface area contributed by atoms with Gasteiger partial charge in [0.1, 0.15) is 11.9 Å². The van der Waals surface area contributed by atoms with Crippen molar-refractivity contribution in [3.63, 3.8) is 0 Å². The summed E-state index contributed by atoms with van der Waals surface area (Å²) in [5.41, 5.74) is 0.414. The monoisotopic (exact) mass is 311 g/mol. The number of carboxylic acid groups (broad SMARTS) is 1. The molecule has 0 spiro atoms.